The van der Waals surface area contributed by atoms with Crippen LogP contribution in [0.4, 0.5) is 0 Å². The van der Waals surface area contributed by atoms with Crippen LogP contribution in [0.1, 0.15) is 72.1 Å². The molecule has 3 saturated heterocycles. The molecule has 1 amide bonds. The molecule has 3 aliphatic heterocycles. The maximum Gasteiger partial charge on any atom is 0.282 e. The van der Waals surface area contributed by atoms with E-state index in [1.165, 1.54) is 0 Å². The fraction of sp³-hybridized carbons (Fsp3) is 0.958. The largest absolute Gasteiger partial charge is 0.341 e. The Hall–Kier alpha value is -0.700. The lowest BCUT2D eigenvalue weighted by Gasteiger charge is -2.42. The lowest BCUT2D eigenvalue weighted by molar-refractivity contribution is -0.136. The minimum atomic E-state index is -3.66. The normalized spacial score (nSPS) is 36.2. The maximum absolute atomic E-state index is 14.0. The summed E-state index contributed by atoms with van der Waals surface area (Å²) in [5.41, 5.74) is 0. The van der Waals surface area contributed by atoms with Crippen molar-refractivity contribution in [2.75, 3.05) is 39.8 Å². The Bertz CT molecular complexity index is 757. The van der Waals surface area contributed by atoms with Crippen LogP contribution in [0.5, 0.6) is 0 Å². The van der Waals surface area contributed by atoms with Crippen molar-refractivity contribution in [2.45, 2.75) is 90.3 Å². The Labute approximate surface area is 195 Å². The molecule has 184 valence electrons. The van der Waals surface area contributed by atoms with Crippen LogP contribution in [0.15, 0.2) is 0 Å². The SMILES string of the molecule is CCN1CCC(N(C)C(=O)[C@@H]2C[C@@H]3CCCC[C@@H]3N2S(=O)(=O)N2C[C@@H](C)C[C@H](C)C2)CC1. The minimum Gasteiger partial charge on any atom is -0.341 e. The van der Waals surface area contributed by atoms with Crippen molar-refractivity contribution in [3.63, 3.8) is 0 Å². The molecule has 5 atom stereocenters. The van der Waals surface area contributed by atoms with E-state index in [0.29, 0.717) is 37.3 Å². The number of likely N-dealkylation sites (tertiary alicyclic amines) is 1. The van der Waals surface area contributed by atoms with Gasteiger partial charge in [0, 0.05) is 45.3 Å². The number of amides is 1. The van der Waals surface area contributed by atoms with Crippen molar-refractivity contribution in [1.82, 2.24) is 18.4 Å². The molecule has 1 aliphatic carbocycles. The molecule has 0 radical (unpaired) electrons. The Balaban J connectivity index is 1.56. The molecule has 4 rings (SSSR count). The third-order valence-electron chi connectivity index (χ3n) is 8.64. The highest BCUT2D eigenvalue weighted by atomic mass is 32.2. The van der Waals surface area contributed by atoms with Crippen LogP contribution < -0.4 is 0 Å². The predicted octanol–water partition coefficient (Wildman–Crippen LogP) is 2.78. The van der Waals surface area contributed by atoms with Gasteiger partial charge >= 0.3 is 0 Å². The third-order valence-corrected chi connectivity index (χ3v) is 10.7. The number of carbonyl (C=O) groups is 1. The first-order valence-electron chi connectivity index (χ1n) is 13.0. The molecule has 0 unspecified atom stereocenters. The van der Waals surface area contributed by atoms with E-state index in [2.05, 4.69) is 25.7 Å². The summed E-state index contributed by atoms with van der Waals surface area (Å²) >= 11 is 0. The fourth-order valence-electron chi connectivity index (χ4n) is 6.93. The molecule has 0 N–H and O–H groups in total. The highest BCUT2D eigenvalue weighted by Gasteiger charge is 2.53. The van der Waals surface area contributed by atoms with E-state index in [1.54, 1.807) is 8.61 Å². The van der Waals surface area contributed by atoms with Gasteiger partial charge in [0.15, 0.2) is 0 Å². The van der Waals surface area contributed by atoms with E-state index in [-0.39, 0.29) is 18.0 Å². The van der Waals surface area contributed by atoms with E-state index < -0.39 is 16.3 Å². The first kappa shape index (κ1) is 24.4. The van der Waals surface area contributed by atoms with Gasteiger partial charge in [-0.05, 0) is 62.8 Å². The minimum absolute atomic E-state index is 0.00872. The van der Waals surface area contributed by atoms with Gasteiger partial charge in [-0.2, -0.15) is 17.0 Å². The second kappa shape index (κ2) is 9.88. The number of fused-ring (bicyclic) bond motifs is 1. The Morgan fingerprint density at radius 3 is 2.22 bits per heavy atom. The highest BCUT2D eigenvalue weighted by Crippen LogP contribution is 2.43. The third kappa shape index (κ3) is 4.75. The average Bonchev–Trinajstić information content (AvgIpc) is 3.18. The van der Waals surface area contributed by atoms with Crippen LogP contribution in [0.25, 0.3) is 0 Å². The predicted molar refractivity (Wildman–Crippen MR) is 127 cm³/mol. The van der Waals surface area contributed by atoms with E-state index >= 15 is 0 Å². The Morgan fingerprint density at radius 1 is 0.969 bits per heavy atom. The summed E-state index contributed by atoms with van der Waals surface area (Å²) in [7, 11) is -1.75. The number of nitrogens with zero attached hydrogens (tertiary/aromatic N) is 4. The summed E-state index contributed by atoms with van der Waals surface area (Å²) in [4.78, 5) is 18.1. The van der Waals surface area contributed by atoms with Gasteiger partial charge in [-0.3, -0.25) is 4.79 Å². The summed E-state index contributed by atoms with van der Waals surface area (Å²) in [5.74, 6) is 1.07. The fourth-order valence-corrected chi connectivity index (χ4v) is 9.20. The van der Waals surface area contributed by atoms with Crippen LogP contribution in [-0.4, -0.2) is 90.6 Å². The average molecular weight is 469 g/mol. The molecule has 3 heterocycles. The molecule has 32 heavy (non-hydrogen) atoms. The summed E-state index contributed by atoms with van der Waals surface area (Å²) in [5, 5.41) is 0. The van der Waals surface area contributed by atoms with Crippen molar-refractivity contribution in [3.05, 3.63) is 0 Å². The Kier molecular flexibility index (Phi) is 7.54. The van der Waals surface area contributed by atoms with Crippen molar-refractivity contribution in [3.8, 4) is 0 Å². The van der Waals surface area contributed by atoms with Crippen LogP contribution in [0.3, 0.4) is 0 Å². The first-order valence-corrected chi connectivity index (χ1v) is 14.4. The van der Waals surface area contributed by atoms with E-state index in [4.69, 9.17) is 0 Å². The monoisotopic (exact) mass is 468 g/mol. The van der Waals surface area contributed by atoms with Crippen LogP contribution in [0, 0.1) is 17.8 Å². The zero-order valence-corrected chi connectivity index (χ0v) is 21.4. The maximum atomic E-state index is 14.0. The standard InChI is InChI=1S/C24H44N4O3S/c1-5-26-12-10-21(11-13-26)25(4)24(29)23-15-20-8-6-7-9-22(20)28(23)32(30,31)27-16-18(2)14-19(3)17-27/h18-23H,5-17H2,1-4H3/t18-,19-,20-,22-,23-/m0/s1. The zero-order chi connectivity index (χ0) is 23.0. The highest BCUT2D eigenvalue weighted by molar-refractivity contribution is 7.86. The summed E-state index contributed by atoms with van der Waals surface area (Å²) < 4.78 is 31.4. The van der Waals surface area contributed by atoms with Gasteiger partial charge in [0.25, 0.3) is 10.2 Å². The quantitative estimate of drug-likeness (QED) is 0.622. The molecule has 0 aromatic rings. The lowest BCUT2D eigenvalue weighted by atomic mass is 9.85. The van der Waals surface area contributed by atoms with Gasteiger partial charge < -0.3 is 9.80 Å². The first-order chi connectivity index (χ1) is 15.2. The molecular formula is C24H44N4O3S. The van der Waals surface area contributed by atoms with E-state index in [1.807, 2.05) is 11.9 Å². The molecule has 7 nitrogen and oxygen atoms in total. The van der Waals surface area contributed by atoms with Crippen molar-refractivity contribution >= 4 is 16.1 Å². The van der Waals surface area contributed by atoms with Gasteiger partial charge in [-0.25, -0.2) is 0 Å². The molecule has 4 aliphatic rings. The lowest BCUT2D eigenvalue weighted by Crippen LogP contribution is -2.58. The van der Waals surface area contributed by atoms with E-state index in [9.17, 15) is 13.2 Å². The topological polar surface area (TPSA) is 64.2 Å². The Morgan fingerprint density at radius 2 is 1.59 bits per heavy atom. The second-order valence-corrected chi connectivity index (χ2v) is 12.9. The molecule has 0 bridgehead atoms. The van der Waals surface area contributed by atoms with Crippen molar-refractivity contribution in [2.24, 2.45) is 17.8 Å². The van der Waals surface area contributed by atoms with Crippen molar-refractivity contribution in [1.29, 1.82) is 0 Å². The van der Waals surface area contributed by atoms with Gasteiger partial charge in [0.1, 0.15) is 6.04 Å². The molecule has 1 saturated carbocycles. The molecular weight excluding hydrogens is 424 g/mol. The number of piperidine rings is 2. The number of carbonyl (C=O) groups excluding carboxylic acids is 1. The summed E-state index contributed by atoms with van der Waals surface area (Å²) in [6.07, 6.45) is 7.87. The molecule has 0 aromatic heterocycles. The van der Waals surface area contributed by atoms with Crippen LogP contribution in [0.2, 0.25) is 0 Å². The second-order valence-electron chi connectivity index (χ2n) is 11.1. The van der Waals surface area contributed by atoms with Gasteiger partial charge in [-0.15, -0.1) is 0 Å². The van der Waals surface area contributed by atoms with Gasteiger partial charge in [-0.1, -0.05) is 33.6 Å². The zero-order valence-electron chi connectivity index (χ0n) is 20.6. The summed E-state index contributed by atoms with van der Waals surface area (Å²) in [6.45, 7) is 10.7. The van der Waals surface area contributed by atoms with Gasteiger partial charge in [0.05, 0.1) is 0 Å². The van der Waals surface area contributed by atoms with Crippen molar-refractivity contribution < 1.29 is 13.2 Å². The molecule has 0 spiro atoms. The van der Waals surface area contributed by atoms with Crippen LogP contribution in [-0.2, 0) is 15.0 Å². The summed E-state index contributed by atoms with van der Waals surface area (Å²) in [6, 6.07) is -0.326. The molecule has 0 aromatic carbocycles. The molecule has 8 heteroatoms. The number of rotatable bonds is 5. The molecule has 4 fully saturated rings. The van der Waals surface area contributed by atoms with E-state index in [0.717, 1.165) is 64.6 Å². The number of hydrogen-bond donors (Lipinski definition) is 0. The number of hydrogen-bond acceptors (Lipinski definition) is 4. The number of likely N-dealkylation sites (N-methyl/N-ethyl adjacent to an activating group) is 1. The van der Waals surface area contributed by atoms with Gasteiger partial charge in [0.2, 0.25) is 5.91 Å². The smallest absolute Gasteiger partial charge is 0.282 e. The van der Waals surface area contributed by atoms with Crippen LogP contribution >= 0.6 is 0 Å².